The van der Waals surface area contributed by atoms with E-state index in [2.05, 4.69) is 25.3 Å². The number of para-hydroxylation sites is 1. The number of amides is 1. The zero-order valence-corrected chi connectivity index (χ0v) is 18.3. The predicted octanol–water partition coefficient (Wildman–Crippen LogP) is 4.69. The van der Waals surface area contributed by atoms with Gasteiger partial charge < -0.3 is 9.84 Å². The third-order valence-electron chi connectivity index (χ3n) is 5.78. The first-order valence-corrected chi connectivity index (χ1v) is 11.4. The molecule has 1 saturated heterocycles. The van der Waals surface area contributed by atoms with Gasteiger partial charge in [-0.25, -0.2) is 9.37 Å². The Bertz CT molecular complexity index is 1220. The summed E-state index contributed by atoms with van der Waals surface area (Å²) < 4.78 is 20.1. The lowest BCUT2D eigenvalue weighted by molar-refractivity contribution is -0.121. The maximum atomic E-state index is 13.5. The average molecular weight is 452 g/mol. The average Bonchev–Trinajstić information content (AvgIpc) is 3.45. The number of thiazole rings is 1. The molecule has 32 heavy (non-hydrogen) atoms. The molecule has 7 nitrogen and oxygen atoms in total. The number of piperidine rings is 1. The van der Waals surface area contributed by atoms with Gasteiger partial charge in [0.25, 0.3) is 0 Å². The molecule has 164 valence electrons. The fourth-order valence-corrected chi connectivity index (χ4v) is 4.88. The Kier molecular flexibility index (Phi) is 5.67. The molecule has 0 radical (unpaired) electrons. The molecule has 2 aromatic carbocycles. The molecular formula is C23H22FN5O2S. The van der Waals surface area contributed by atoms with Crippen molar-refractivity contribution in [3.63, 3.8) is 0 Å². The van der Waals surface area contributed by atoms with Gasteiger partial charge in [0, 0.05) is 12.1 Å². The standard InChI is InChI=1S/C23H22FN5O2S/c1-14(21(30)27-23-25-18-9-2-3-10-19(18)32-23)29-11-5-7-16(13-29)22-26-20(28-31-22)15-6-4-8-17(24)12-15/h2-4,6,8-10,12,14,16H,5,7,11,13H2,1H3,(H,25,27,30). The molecule has 2 aromatic heterocycles. The smallest absolute Gasteiger partial charge is 0.243 e. The third-order valence-corrected chi connectivity index (χ3v) is 6.73. The molecule has 1 amide bonds. The first-order valence-electron chi connectivity index (χ1n) is 10.6. The summed E-state index contributed by atoms with van der Waals surface area (Å²) in [6.07, 6.45) is 1.81. The summed E-state index contributed by atoms with van der Waals surface area (Å²) in [6.45, 7) is 3.35. The first-order chi connectivity index (χ1) is 15.6. The molecule has 3 heterocycles. The number of rotatable bonds is 5. The number of carbonyl (C=O) groups excluding carboxylic acids is 1. The van der Waals surface area contributed by atoms with Crippen LogP contribution in [0.4, 0.5) is 9.52 Å². The number of anilines is 1. The van der Waals surface area contributed by atoms with Gasteiger partial charge >= 0.3 is 0 Å². The van der Waals surface area contributed by atoms with E-state index in [0.717, 1.165) is 29.6 Å². The van der Waals surface area contributed by atoms with Crippen LogP contribution >= 0.6 is 11.3 Å². The van der Waals surface area contributed by atoms with E-state index in [1.54, 1.807) is 12.1 Å². The number of benzene rings is 2. The number of likely N-dealkylation sites (tertiary alicyclic amines) is 1. The number of hydrogen-bond acceptors (Lipinski definition) is 7. The third kappa shape index (κ3) is 4.26. The second-order valence-electron chi connectivity index (χ2n) is 7.95. The molecular weight excluding hydrogens is 429 g/mol. The van der Waals surface area contributed by atoms with E-state index in [4.69, 9.17) is 4.52 Å². The minimum atomic E-state index is -0.342. The van der Waals surface area contributed by atoms with Crippen molar-refractivity contribution in [3.05, 3.63) is 60.2 Å². The van der Waals surface area contributed by atoms with Crippen LogP contribution in [-0.2, 0) is 4.79 Å². The summed E-state index contributed by atoms with van der Waals surface area (Å²) in [5.41, 5.74) is 1.46. The van der Waals surface area contributed by atoms with Gasteiger partial charge in [-0.2, -0.15) is 4.98 Å². The topological polar surface area (TPSA) is 84.2 Å². The summed E-state index contributed by atoms with van der Waals surface area (Å²) in [4.78, 5) is 24.0. The normalized spacial score (nSPS) is 18.0. The van der Waals surface area contributed by atoms with Gasteiger partial charge in [0.05, 0.1) is 22.2 Å². The Morgan fingerprint density at radius 2 is 2.12 bits per heavy atom. The SMILES string of the molecule is CC(C(=O)Nc1nc2ccccc2s1)N1CCCC(c2nc(-c3cccc(F)c3)no2)C1. The Morgan fingerprint density at radius 3 is 2.97 bits per heavy atom. The summed E-state index contributed by atoms with van der Waals surface area (Å²) in [6, 6.07) is 13.6. The molecule has 2 atom stereocenters. The molecule has 2 unspecified atom stereocenters. The highest BCUT2D eigenvalue weighted by atomic mass is 32.1. The van der Waals surface area contributed by atoms with E-state index in [-0.39, 0.29) is 23.7 Å². The van der Waals surface area contributed by atoms with Crippen LogP contribution in [0.25, 0.3) is 21.6 Å². The maximum absolute atomic E-state index is 13.5. The van der Waals surface area contributed by atoms with Crippen LogP contribution in [0.1, 0.15) is 31.6 Å². The fraction of sp³-hybridized carbons (Fsp3) is 0.304. The summed E-state index contributed by atoms with van der Waals surface area (Å²) >= 11 is 1.47. The zero-order chi connectivity index (χ0) is 22.1. The van der Waals surface area contributed by atoms with Crippen LogP contribution in [0.2, 0.25) is 0 Å². The number of aromatic nitrogens is 3. The Balaban J connectivity index is 1.25. The molecule has 1 aliphatic heterocycles. The lowest BCUT2D eigenvalue weighted by atomic mass is 9.96. The second-order valence-corrected chi connectivity index (χ2v) is 8.98. The van der Waals surface area contributed by atoms with Gasteiger partial charge in [0.1, 0.15) is 5.82 Å². The molecule has 0 aliphatic carbocycles. The van der Waals surface area contributed by atoms with Crippen molar-refractivity contribution in [1.29, 1.82) is 0 Å². The van der Waals surface area contributed by atoms with E-state index in [0.29, 0.717) is 29.0 Å². The van der Waals surface area contributed by atoms with Crippen LogP contribution in [0, 0.1) is 5.82 Å². The lowest BCUT2D eigenvalue weighted by Crippen LogP contribution is -2.46. The van der Waals surface area contributed by atoms with E-state index < -0.39 is 0 Å². The number of nitrogens with zero attached hydrogens (tertiary/aromatic N) is 4. The van der Waals surface area contributed by atoms with Crippen LogP contribution in [0.15, 0.2) is 53.1 Å². The highest BCUT2D eigenvalue weighted by Crippen LogP contribution is 2.30. The van der Waals surface area contributed by atoms with E-state index >= 15 is 0 Å². The van der Waals surface area contributed by atoms with Crippen LogP contribution < -0.4 is 5.32 Å². The summed E-state index contributed by atoms with van der Waals surface area (Å²) in [5.74, 6) is 0.489. The van der Waals surface area contributed by atoms with Crippen molar-refractivity contribution >= 4 is 32.6 Å². The molecule has 0 saturated carbocycles. The first kappa shape index (κ1) is 20.7. The lowest BCUT2D eigenvalue weighted by Gasteiger charge is -2.34. The van der Waals surface area contributed by atoms with E-state index in [1.165, 1.54) is 23.5 Å². The van der Waals surface area contributed by atoms with Crippen molar-refractivity contribution < 1.29 is 13.7 Å². The van der Waals surface area contributed by atoms with Crippen molar-refractivity contribution in [2.75, 3.05) is 18.4 Å². The van der Waals surface area contributed by atoms with E-state index in [1.807, 2.05) is 31.2 Å². The number of carbonyl (C=O) groups is 1. The molecule has 1 N–H and O–H groups in total. The number of fused-ring (bicyclic) bond motifs is 1. The van der Waals surface area contributed by atoms with Crippen LogP contribution in [-0.4, -0.2) is 45.1 Å². The number of halogens is 1. The Morgan fingerprint density at radius 1 is 1.25 bits per heavy atom. The minimum Gasteiger partial charge on any atom is -0.339 e. The molecule has 0 spiro atoms. The van der Waals surface area contributed by atoms with Crippen LogP contribution in [0.3, 0.4) is 0 Å². The van der Waals surface area contributed by atoms with Crippen molar-refractivity contribution in [3.8, 4) is 11.4 Å². The van der Waals surface area contributed by atoms with Gasteiger partial charge in [-0.05, 0) is 50.6 Å². The minimum absolute atomic E-state index is 0.0243. The van der Waals surface area contributed by atoms with Gasteiger partial charge in [-0.1, -0.05) is 40.8 Å². The van der Waals surface area contributed by atoms with Crippen LogP contribution in [0.5, 0.6) is 0 Å². The van der Waals surface area contributed by atoms with Gasteiger partial charge in [0.15, 0.2) is 5.13 Å². The Labute approximate surface area is 188 Å². The maximum Gasteiger partial charge on any atom is 0.243 e. The molecule has 5 rings (SSSR count). The molecule has 1 aliphatic rings. The summed E-state index contributed by atoms with van der Waals surface area (Å²) in [5, 5.41) is 7.59. The quantitative estimate of drug-likeness (QED) is 0.474. The predicted molar refractivity (Wildman–Crippen MR) is 121 cm³/mol. The van der Waals surface area contributed by atoms with Gasteiger partial charge in [0.2, 0.25) is 17.6 Å². The molecule has 1 fully saturated rings. The monoisotopic (exact) mass is 451 g/mol. The van der Waals surface area contributed by atoms with Gasteiger partial charge in [-0.3, -0.25) is 9.69 Å². The van der Waals surface area contributed by atoms with Crippen molar-refractivity contribution in [1.82, 2.24) is 20.0 Å². The fourth-order valence-electron chi connectivity index (χ4n) is 4.01. The number of hydrogen-bond donors (Lipinski definition) is 1. The highest BCUT2D eigenvalue weighted by Gasteiger charge is 2.31. The largest absolute Gasteiger partial charge is 0.339 e. The molecule has 4 aromatic rings. The van der Waals surface area contributed by atoms with Gasteiger partial charge in [-0.15, -0.1) is 0 Å². The van der Waals surface area contributed by atoms with Crippen molar-refractivity contribution in [2.24, 2.45) is 0 Å². The number of nitrogens with one attached hydrogen (secondary N) is 1. The second kappa shape index (κ2) is 8.76. The van der Waals surface area contributed by atoms with E-state index in [9.17, 15) is 9.18 Å². The Hall–Kier alpha value is -3.17. The zero-order valence-electron chi connectivity index (χ0n) is 17.5. The molecule has 9 heteroatoms. The highest BCUT2D eigenvalue weighted by molar-refractivity contribution is 7.22. The summed E-state index contributed by atoms with van der Waals surface area (Å²) in [7, 11) is 0. The van der Waals surface area contributed by atoms with Crippen molar-refractivity contribution in [2.45, 2.75) is 31.7 Å². The molecule has 0 bridgehead atoms.